The molecule has 0 aromatic heterocycles. The summed E-state index contributed by atoms with van der Waals surface area (Å²) >= 11 is 3.50. The SMILES string of the molecule is CC(C)(C)C(C=O)Cc1ccccc1Br. The van der Waals surface area contributed by atoms with Gasteiger partial charge in [0.05, 0.1) is 0 Å². The molecule has 0 heterocycles. The summed E-state index contributed by atoms with van der Waals surface area (Å²) in [4.78, 5) is 11.1. The largest absolute Gasteiger partial charge is 0.303 e. The van der Waals surface area contributed by atoms with Crippen LogP contribution in [0, 0.1) is 11.3 Å². The van der Waals surface area contributed by atoms with Crippen LogP contribution in [0.2, 0.25) is 0 Å². The van der Waals surface area contributed by atoms with E-state index in [1.54, 1.807) is 0 Å². The molecule has 1 nitrogen and oxygen atoms in total. The topological polar surface area (TPSA) is 17.1 Å². The summed E-state index contributed by atoms with van der Waals surface area (Å²) in [6, 6.07) is 8.07. The lowest BCUT2D eigenvalue weighted by Gasteiger charge is -2.26. The third-order valence-electron chi connectivity index (χ3n) is 2.67. The number of hydrogen-bond donors (Lipinski definition) is 0. The molecule has 1 atom stereocenters. The molecule has 0 saturated heterocycles. The van der Waals surface area contributed by atoms with E-state index in [1.807, 2.05) is 18.2 Å². The Labute approximate surface area is 100 Å². The molecule has 0 N–H and O–H groups in total. The molecule has 0 bridgehead atoms. The Morgan fingerprint density at radius 3 is 2.40 bits per heavy atom. The fourth-order valence-electron chi connectivity index (χ4n) is 1.46. The summed E-state index contributed by atoms with van der Waals surface area (Å²) in [6.07, 6.45) is 1.87. The molecule has 82 valence electrons. The second-order valence-electron chi connectivity index (χ2n) is 4.90. The number of halogens is 1. The molecular weight excluding hydrogens is 252 g/mol. The first kappa shape index (κ1) is 12.4. The average molecular weight is 269 g/mol. The van der Waals surface area contributed by atoms with Gasteiger partial charge < -0.3 is 4.79 Å². The Kier molecular flexibility index (Phi) is 4.09. The van der Waals surface area contributed by atoms with Crippen LogP contribution in [0.25, 0.3) is 0 Å². The highest BCUT2D eigenvalue weighted by atomic mass is 79.9. The summed E-state index contributed by atoms with van der Waals surface area (Å²) in [5.41, 5.74) is 1.22. The predicted octanol–water partition coefficient (Wildman–Crippen LogP) is 3.85. The van der Waals surface area contributed by atoms with Gasteiger partial charge in [-0.15, -0.1) is 0 Å². The van der Waals surface area contributed by atoms with Crippen LogP contribution in [0.4, 0.5) is 0 Å². The number of aldehydes is 1. The minimum Gasteiger partial charge on any atom is -0.303 e. The Morgan fingerprint density at radius 1 is 1.33 bits per heavy atom. The predicted molar refractivity (Wildman–Crippen MR) is 66.9 cm³/mol. The van der Waals surface area contributed by atoms with E-state index in [4.69, 9.17) is 0 Å². The maximum absolute atomic E-state index is 11.1. The van der Waals surface area contributed by atoms with Crippen LogP contribution in [0.3, 0.4) is 0 Å². The van der Waals surface area contributed by atoms with Crippen LogP contribution < -0.4 is 0 Å². The van der Waals surface area contributed by atoms with E-state index in [9.17, 15) is 4.79 Å². The number of benzene rings is 1. The molecular formula is C13H17BrO. The third kappa shape index (κ3) is 3.45. The van der Waals surface area contributed by atoms with Crippen molar-refractivity contribution in [2.24, 2.45) is 11.3 Å². The van der Waals surface area contributed by atoms with Gasteiger partial charge in [0.2, 0.25) is 0 Å². The molecule has 1 aromatic carbocycles. The van der Waals surface area contributed by atoms with Crippen molar-refractivity contribution < 1.29 is 4.79 Å². The lowest BCUT2D eigenvalue weighted by molar-refractivity contribution is -0.113. The Hall–Kier alpha value is -0.630. The first-order valence-electron chi connectivity index (χ1n) is 5.14. The average Bonchev–Trinajstić information content (AvgIpc) is 2.14. The molecule has 1 unspecified atom stereocenters. The van der Waals surface area contributed by atoms with Crippen LogP contribution in [0.1, 0.15) is 26.3 Å². The minimum absolute atomic E-state index is 0.0248. The zero-order valence-corrected chi connectivity index (χ0v) is 11.0. The molecule has 0 aliphatic carbocycles. The van der Waals surface area contributed by atoms with Gasteiger partial charge >= 0.3 is 0 Å². The van der Waals surface area contributed by atoms with Crippen molar-refractivity contribution in [3.05, 3.63) is 34.3 Å². The maximum atomic E-state index is 11.1. The van der Waals surface area contributed by atoms with Crippen molar-refractivity contribution in [3.8, 4) is 0 Å². The molecule has 0 fully saturated rings. The molecule has 0 radical (unpaired) electrons. The highest BCUT2D eigenvalue weighted by Gasteiger charge is 2.24. The van der Waals surface area contributed by atoms with Crippen LogP contribution in [-0.2, 0) is 11.2 Å². The third-order valence-corrected chi connectivity index (χ3v) is 3.45. The van der Waals surface area contributed by atoms with Gasteiger partial charge in [0.25, 0.3) is 0 Å². The lowest BCUT2D eigenvalue weighted by Crippen LogP contribution is -2.24. The van der Waals surface area contributed by atoms with Crippen molar-refractivity contribution in [3.63, 3.8) is 0 Å². The van der Waals surface area contributed by atoms with Gasteiger partial charge in [-0.3, -0.25) is 0 Å². The molecule has 2 heteroatoms. The second kappa shape index (κ2) is 4.93. The van der Waals surface area contributed by atoms with Crippen LogP contribution in [0.5, 0.6) is 0 Å². The highest BCUT2D eigenvalue weighted by Crippen LogP contribution is 2.29. The molecule has 0 aliphatic heterocycles. The van der Waals surface area contributed by atoms with Gasteiger partial charge in [-0.05, 0) is 23.5 Å². The first-order valence-corrected chi connectivity index (χ1v) is 5.93. The van der Waals surface area contributed by atoms with E-state index in [0.29, 0.717) is 0 Å². The van der Waals surface area contributed by atoms with Gasteiger partial charge in [-0.1, -0.05) is 54.9 Å². The number of carbonyl (C=O) groups excluding carboxylic acids is 1. The van der Waals surface area contributed by atoms with Crippen molar-refractivity contribution in [2.75, 3.05) is 0 Å². The number of carbonyl (C=O) groups is 1. The molecule has 1 aromatic rings. The normalized spacial score (nSPS) is 13.6. The van der Waals surface area contributed by atoms with Crippen molar-refractivity contribution in [1.29, 1.82) is 0 Å². The van der Waals surface area contributed by atoms with Crippen LogP contribution in [0.15, 0.2) is 28.7 Å². The summed E-state index contributed by atoms with van der Waals surface area (Å²) in [5.74, 6) is 0.0659. The van der Waals surface area contributed by atoms with E-state index < -0.39 is 0 Å². The van der Waals surface area contributed by atoms with Crippen LogP contribution >= 0.6 is 15.9 Å². The van der Waals surface area contributed by atoms with E-state index in [0.717, 1.165) is 17.2 Å². The van der Waals surface area contributed by atoms with E-state index in [-0.39, 0.29) is 11.3 Å². The summed E-state index contributed by atoms with van der Waals surface area (Å²) < 4.78 is 1.08. The fraction of sp³-hybridized carbons (Fsp3) is 0.462. The Bertz CT molecular complexity index is 339. The molecule has 0 saturated carbocycles. The van der Waals surface area contributed by atoms with Crippen molar-refractivity contribution in [1.82, 2.24) is 0 Å². The smallest absolute Gasteiger partial charge is 0.123 e. The van der Waals surface area contributed by atoms with Gasteiger partial charge in [-0.2, -0.15) is 0 Å². The molecule has 1 rings (SSSR count). The fourth-order valence-corrected chi connectivity index (χ4v) is 1.91. The summed E-state index contributed by atoms with van der Waals surface area (Å²) in [6.45, 7) is 6.30. The van der Waals surface area contributed by atoms with E-state index >= 15 is 0 Å². The van der Waals surface area contributed by atoms with Crippen molar-refractivity contribution >= 4 is 22.2 Å². The van der Waals surface area contributed by atoms with Gasteiger partial charge in [0.15, 0.2) is 0 Å². The monoisotopic (exact) mass is 268 g/mol. The van der Waals surface area contributed by atoms with Crippen molar-refractivity contribution in [2.45, 2.75) is 27.2 Å². The Morgan fingerprint density at radius 2 is 1.93 bits per heavy atom. The summed E-state index contributed by atoms with van der Waals surface area (Å²) in [7, 11) is 0. The van der Waals surface area contributed by atoms with E-state index in [1.165, 1.54) is 5.56 Å². The molecule has 15 heavy (non-hydrogen) atoms. The van der Waals surface area contributed by atoms with Gasteiger partial charge in [0.1, 0.15) is 6.29 Å². The minimum atomic E-state index is 0.0248. The zero-order valence-electron chi connectivity index (χ0n) is 9.46. The number of rotatable bonds is 3. The first-order chi connectivity index (χ1) is 6.95. The lowest BCUT2D eigenvalue weighted by atomic mass is 9.78. The quantitative estimate of drug-likeness (QED) is 0.762. The Balaban J connectivity index is 2.85. The zero-order chi connectivity index (χ0) is 11.5. The highest BCUT2D eigenvalue weighted by molar-refractivity contribution is 9.10. The van der Waals surface area contributed by atoms with Gasteiger partial charge in [-0.25, -0.2) is 0 Å². The summed E-state index contributed by atoms with van der Waals surface area (Å²) in [5, 5.41) is 0. The van der Waals surface area contributed by atoms with Gasteiger partial charge in [0, 0.05) is 10.4 Å². The maximum Gasteiger partial charge on any atom is 0.123 e. The number of hydrogen-bond acceptors (Lipinski definition) is 1. The van der Waals surface area contributed by atoms with E-state index in [2.05, 4.69) is 42.8 Å². The van der Waals surface area contributed by atoms with Crippen LogP contribution in [-0.4, -0.2) is 6.29 Å². The molecule has 0 spiro atoms. The molecule has 0 amide bonds. The molecule has 0 aliphatic rings. The second-order valence-corrected chi connectivity index (χ2v) is 5.76. The standard InChI is InChI=1S/C13H17BrO/c1-13(2,3)11(9-15)8-10-6-4-5-7-12(10)14/h4-7,9,11H,8H2,1-3H3.